The van der Waals surface area contributed by atoms with Crippen molar-refractivity contribution < 1.29 is 9.59 Å². The van der Waals surface area contributed by atoms with Crippen molar-refractivity contribution in [2.24, 2.45) is 0 Å². The molecule has 1 heterocycles. The minimum atomic E-state index is -0.238. The van der Waals surface area contributed by atoms with E-state index < -0.39 is 0 Å². The van der Waals surface area contributed by atoms with Gasteiger partial charge in [0.05, 0.1) is 0 Å². The highest BCUT2D eigenvalue weighted by Gasteiger charge is 2.24. The summed E-state index contributed by atoms with van der Waals surface area (Å²) < 4.78 is 0. The summed E-state index contributed by atoms with van der Waals surface area (Å²) in [4.78, 5) is 33.3. The number of aromatic nitrogens is 1. The lowest BCUT2D eigenvalue weighted by Gasteiger charge is -2.30. The number of nitrogens with zero attached hydrogens (tertiary/aromatic N) is 2. The standard InChI is InChI=1S/C30H34N4O2/c1-23(2)34(30(36)32-19-24-11-5-3-6-12-24)22-29(35)33(21-25-13-7-4-8-14-25)18-17-26-20-31-28-16-10-9-15-27(26)28/h3-16,20,23,31H,17-19,21-22H2,1-2H3,(H,32,36). The average Bonchev–Trinajstić information content (AvgIpc) is 3.32. The van der Waals surface area contributed by atoms with E-state index in [4.69, 9.17) is 0 Å². The van der Waals surface area contributed by atoms with Gasteiger partial charge in [0.25, 0.3) is 0 Å². The van der Waals surface area contributed by atoms with Gasteiger partial charge in [-0.05, 0) is 43.0 Å². The molecule has 36 heavy (non-hydrogen) atoms. The fourth-order valence-electron chi connectivity index (χ4n) is 4.30. The molecule has 186 valence electrons. The number of rotatable bonds is 10. The van der Waals surface area contributed by atoms with Crippen molar-refractivity contribution in [3.05, 3.63) is 108 Å². The summed E-state index contributed by atoms with van der Waals surface area (Å²) in [6, 6.07) is 27.6. The Morgan fingerprint density at radius 2 is 1.50 bits per heavy atom. The molecule has 4 aromatic rings. The van der Waals surface area contributed by atoms with Crippen molar-refractivity contribution in [2.45, 2.75) is 39.4 Å². The second-order valence-corrected chi connectivity index (χ2v) is 9.28. The number of amides is 3. The smallest absolute Gasteiger partial charge is 0.318 e. The summed E-state index contributed by atoms with van der Waals surface area (Å²) in [5, 5.41) is 4.14. The SMILES string of the molecule is CC(C)N(CC(=O)N(CCc1c[nH]c2ccccc12)Cc1ccccc1)C(=O)NCc1ccccc1. The zero-order valence-electron chi connectivity index (χ0n) is 21.0. The molecule has 6 heteroatoms. The fraction of sp³-hybridized carbons (Fsp3) is 0.267. The molecule has 0 aliphatic rings. The average molecular weight is 483 g/mol. The Hall–Kier alpha value is -4.06. The molecular formula is C30H34N4O2. The van der Waals surface area contributed by atoms with Crippen LogP contribution < -0.4 is 5.32 Å². The molecule has 3 amide bonds. The van der Waals surface area contributed by atoms with E-state index in [1.165, 1.54) is 10.9 Å². The first-order valence-corrected chi connectivity index (χ1v) is 12.5. The molecule has 0 saturated carbocycles. The van der Waals surface area contributed by atoms with Crippen LogP contribution in [0.5, 0.6) is 0 Å². The van der Waals surface area contributed by atoms with E-state index in [2.05, 4.69) is 22.4 Å². The van der Waals surface area contributed by atoms with Gasteiger partial charge in [-0.3, -0.25) is 4.79 Å². The number of urea groups is 1. The van der Waals surface area contributed by atoms with Gasteiger partial charge in [0.1, 0.15) is 6.54 Å². The lowest BCUT2D eigenvalue weighted by atomic mass is 10.1. The Labute approximate surface area is 212 Å². The summed E-state index contributed by atoms with van der Waals surface area (Å²) in [5.74, 6) is -0.0674. The molecule has 6 nitrogen and oxygen atoms in total. The lowest BCUT2D eigenvalue weighted by molar-refractivity contribution is -0.132. The number of benzene rings is 3. The van der Waals surface area contributed by atoms with Crippen LogP contribution in [0.3, 0.4) is 0 Å². The van der Waals surface area contributed by atoms with Gasteiger partial charge in [0, 0.05) is 42.8 Å². The van der Waals surface area contributed by atoms with Gasteiger partial charge in [-0.1, -0.05) is 78.9 Å². The van der Waals surface area contributed by atoms with Crippen LogP contribution in [0.15, 0.2) is 91.1 Å². The maximum absolute atomic E-state index is 13.6. The van der Waals surface area contributed by atoms with E-state index >= 15 is 0 Å². The van der Waals surface area contributed by atoms with Crippen molar-refractivity contribution in [3.8, 4) is 0 Å². The first-order chi connectivity index (χ1) is 17.5. The molecule has 0 fully saturated rings. The van der Waals surface area contributed by atoms with Gasteiger partial charge in [0.15, 0.2) is 0 Å². The monoisotopic (exact) mass is 482 g/mol. The number of hydrogen-bond acceptors (Lipinski definition) is 2. The summed E-state index contributed by atoms with van der Waals surface area (Å²) in [5.41, 5.74) is 4.35. The molecule has 0 unspecified atom stereocenters. The van der Waals surface area contributed by atoms with Crippen LogP contribution >= 0.6 is 0 Å². The highest BCUT2D eigenvalue weighted by molar-refractivity contribution is 5.85. The summed E-state index contributed by atoms with van der Waals surface area (Å²) in [6.07, 6.45) is 2.75. The van der Waals surface area contributed by atoms with Gasteiger partial charge in [-0.15, -0.1) is 0 Å². The quantitative estimate of drug-likeness (QED) is 0.320. The lowest BCUT2D eigenvalue weighted by Crippen LogP contribution is -2.49. The Bertz CT molecular complexity index is 1270. The second-order valence-electron chi connectivity index (χ2n) is 9.28. The van der Waals surface area contributed by atoms with Gasteiger partial charge >= 0.3 is 6.03 Å². The molecule has 3 aromatic carbocycles. The number of para-hydroxylation sites is 1. The zero-order chi connectivity index (χ0) is 25.3. The predicted molar refractivity (Wildman–Crippen MR) is 144 cm³/mol. The Morgan fingerprint density at radius 1 is 0.861 bits per heavy atom. The van der Waals surface area contributed by atoms with Crippen molar-refractivity contribution in [3.63, 3.8) is 0 Å². The Balaban J connectivity index is 1.45. The summed E-state index contributed by atoms with van der Waals surface area (Å²) in [6.45, 7) is 5.38. The Morgan fingerprint density at radius 3 is 2.19 bits per heavy atom. The minimum Gasteiger partial charge on any atom is -0.361 e. The van der Waals surface area contributed by atoms with Crippen molar-refractivity contribution in [1.29, 1.82) is 0 Å². The van der Waals surface area contributed by atoms with Crippen LogP contribution in [-0.4, -0.2) is 45.9 Å². The van der Waals surface area contributed by atoms with Crippen LogP contribution in [0.4, 0.5) is 4.79 Å². The van der Waals surface area contributed by atoms with Crippen LogP contribution in [-0.2, 0) is 24.3 Å². The second kappa shape index (κ2) is 12.1. The predicted octanol–water partition coefficient (Wildman–Crippen LogP) is 5.36. The number of carbonyl (C=O) groups excluding carboxylic acids is 2. The van der Waals surface area contributed by atoms with Gasteiger partial charge in [-0.25, -0.2) is 4.79 Å². The minimum absolute atomic E-state index is 0.0268. The van der Waals surface area contributed by atoms with Crippen molar-refractivity contribution in [2.75, 3.05) is 13.1 Å². The molecule has 2 N–H and O–H groups in total. The van der Waals surface area contributed by atoms with E-state index in [9.17, 15) is 9.59 Å². The van der Waals surface area contributed by atoms with Gasteiger partial charge < -0.3 is 20.1 Å². The number of aromatic amines is 1. The fourth-order valence-corrected chi connectivity index (χ4v) is 4.30. The van der Waals surface area contributed by atoms with Crippen LogP contribution in [0.25, 0.3) is 10.9 Å². The van der Waals surface area contributed by atoms with E-state index in [1.807, 2.05) is 97.7 Å². The molecule has 0 bridgehead atoms. The van der Waals surface area contributed by atoms with E-state index in [-0.39, 0.29) is 24.5 Å². The van der Waals surface area contributed by atoms with E-state index in [0.717, 1.165) is 23.1 Å². The third-order valence-electron chi connectivity index (χ3n) is 6.37. The van der Waals surface area contributed by atoms with Crippen LogP contribution in [0, 0.1) is 0 Å². The molecule has 1 aromatic heterocycles. The maximum Gasteiger partial charge on any atom is 0.318 e. The number of nitrogens with one attached hydrogen (secondary N) is 2. The highest BCUT2D eigenvalue weighted by Crippen LogP contribution is 2.19. The largest absolute Gasteiger partial charge is 0.361 e. The molecule has 0 saturated heterocycles. The summed E-state index contributed by atoms with van der Waals surface area (Å²) in [7, 11) is 0. The third kappa shape index (κ3) is 6.54. The molecule has 0 aliphatic heterocycles. The molecule has 0 atom stereocenters. The molecule has 4 rings (SSSR count). The normalized spacial score (nSPS) is 11.0. The van der Waals surface area contributed by atoms with Crippen LogP contribution in [0.1, 0.15) is 30.5 Å². The third-order valence-corrected chi connectivity index (χ3v) is 6.37. The number of carbonyl (C=O) groups is 2. The zero-order valence-corrected chi connectivity index (χ0v) is 21.0. The summed E-state index contributed by atoms with van der Waals surface area (Å²) >= 11 is 0. The number of hydrogen-bond donors (Lipinski definition) is 2. The molecule has 0 radical (unpaired) electrons. The number of fused-ring (bicyclic) bond motifs is 1. The van der Waals surface area contributed by atoms with Crippen molar-refractivity contribution >= 4 is 22.8 Å². The maximum atomic E-state index is 13.6. The topological polar surface area (TPSA) is 68.4 Å². The first-order valence-electron chi connectivity index (χ1n) is 12.5. The first kappa shape index (κ1) is 25.0. The van der Waals surface area contributed by atoms with Crippen molar-refractivity contribution in [1.82, 2.24) is 20.1 Å². The highest BCUT2D eigenvalue weighted by atomic mass is 16.2. The Kier molecular flexibility index (Phi) is 8.40. The van der Waals surface area contributed by atoms with Crippen LogP contribution in [0.2, 0.25) is 0 Å². The van der Waals surface area contributed by atoms with Gasteiger partial charge in [-0.2, -0.15) is 0 Å². The van der Waals surface area contributed by atoms with E-state index in [0.29, 0.717) is 19.6 Å². The molecular weight excluding hydrogens is 448 g/mol. The van der Waals surface area contributed by atoms with E-state index in [1.54, 1.807) is 4.90 Å². The molecule has 0 aliphatic carbocycles. The van der Waals surface area contributed by atoms with Gasteiger partial charge in [0.2, 0.25) is 5.91 Å². The number of H-pyrrole nitrogens is 1. The molecule has 0 spiro atoms.